The molecule has 0 aromatic rings. The van der Waals surface area contributed by atoms with E-state index in [0.717, 1.165) is 19.3 Å². The van der Waals surface area contributed by atoms with Crippen LogP contribution in [0, 0.1) is 5.92 Å². The Labute approximate surface area is 82.3 Å². The molecule has 0 aliphatic carbocycles. The maximum Gasteiger partial charge on any atom is 0.122 e. The van der Waals surface area contributed by atoms with Crippen LogP contribution in [-0.4, -0.2) is 29.8 Å². The number of aldehydes is 1. The highest BCUT2D eigenvalue weighted by Crippen LogP contribution is 2.08. The molecule has 78 valence electrons. The summed E-state index contributed by atoms with van der Waals surface area (Å²) in [6.07, 6.45) is 2.01. The standard InChI is InChI=1S/C11H23NO/c1-9(2)12(10(3)4)7-6-11(5)8-13/h8-11H,6-7H2,1-5H3. The molecule has 0 aliphatic heterocycles. The van der Waals surface area contributed by atoms with E-state index in [-0.39, 0.29) is 5.92 Å². The Balaban J connectivity index is 3.89. The fourth-order valence-electron chi connectivity index (χ4n) is 1.53. The topological polar surface area (TPSA) is 20.3 Å². The maximum absolute atomic E-state index is 10.4. The Kier molecular flexibility index (Phi) is 5.97. The van der Waals surface area contributed by atoms with Crippen molar-refractivity contribution >= 4 is 6.29 Å². The van der Waals surface area contributed by atoms with Crippen LogP contribution < -0.4 is 0 Å². The van der Waals surface area contributed by atoms with Crippen molar-refractivity contribution in [1.82, 2.24) is 4.90 Å². The molecule has 0 amide bonds. The molecule has 0 radical (unpaired) electrons. The number of hydrogen-bond donors (Lipinski definition) is 0. The monoisotopic (exact) mass is 185 g/mol. The van der Waals surface area contributed by atoms with Crippen LogP contribution in [0.1, 0.15) is 41.0 Å². The SMILES string of the molecule is CC(C=O)CCN(C(C)C)C(C)C. The van der Waals surface area contributed by atoms with Gasteiger partial charge in [0.2, 0.25) is 0 Å². The molecular formula is C11H23NO. The maximum atomic E-state index is 10.4. The lowest BCUT2D eigenvalue weighted by Gasteiger charge is -2.30. The molecule has 0 aromatic carbocycles. The third-order valence-electron chi connectivity index (χ3n) is 2.40. The van der Waals surface area contributed by atoms with Crippen LogP contribution in [0.2, 0.25) is 0 Å². The largest absolute Gasteiger partial charge is 0.303 e. The van der Waals surface area contributed by atoms with Crippen molar-refractivity contribution in [3.63, 3.8) is 0 Å². The normalized spacial score (nSPS) is 14.2. The van der Waals surface area contributed by atoms with Gasteiger partial charge in [-0.2, -0.15) is 0 Å². The zero-order chi connectivity index (χ0) is 10.4. The van der Waals surface area contributed by atoms with E-state index in [4.69, 9.17) is 0 Å². The predicted octanol–water partition coefficient (Wildman–Crippen LogP) is 2.33. The summed E-state index contributed by atoms with van der Waals surface area (Å²) in [5, 5.41) is 0. The summed E-state index contributed by atoms with van der Waals surface area (Å²) < 4.78 is 0. The molecule has 0 rings (SSSR count). The quantitative estimate of drug-likeness (QED) is 0.592. The van der Waals surface area contributed by atoms with Crippen molar-refractivity contribution in [3.8, 4) is 0 Å². The Hall–Kier alpha value is -0.370. The number of rotatable bonds is 6. The summed E-state index contributed by atoms with van der Waals surface area (Å²) in [6.45, 7) is 11.8. The van der Waals surface area contributed by atoms with Gasteiger partial charge in [-0.3, -0.25) is 4.90 Å². The molecule has 0 N–H and O–H groups in total. The average molecular weight is 185 g/mol. The minimum atomic E-state index is 0.194. The number of nitrogens with zero attached hydrogens (tertiary/aromatic N) is 1. The molecule has 0 aliphatic rings. The van der Waals surface area contributed by atoms with Gasteiger partial charge in [0, 0.05) is 18.0 Å². The van der Waals surface area contributed by atoms with E-state index in [1.165, 1.54) is 0 Å². The van der Waals surface area contributed by atoms with Crippen LogP contribution >= 0.6 is 0 Å². The van der Waals surface area contributed by atoms with Gasteiger partial charge in [0.1, 0.15) is 6.29 Å². The Morgan fingerprint density at radius 3 is 1.85 bits per heavy atom. The first-order valence-corrected chi connectivity index (χ1v) is 5.20. The Morgan fingerprint density at radius 1 is 1.08 bits per heavy atom. The summed E-state index contributed by atoms with van der Waals surface area (Å²) in [5.41, 5.74) is 0. The van der Waals surface area contributed by atoms with E-state index in [9.17, 15) is 4.79 Å². The molecule has 1 atom stereocenters. The van der Waals surface area contributed by atoms with Gasteiger partial charge in [0.15, 0.2) is 0 Å². The molecule has 0 fully saturated rings. The van der Waals surface area contributed by atoms with Crippen molar-refractivity contribution < 1.29 is 4.79 Å². The first kappa shape index (κ1) is 12.6. The van der Waals surface area contributed by atoms with Gasteiger partial charge < -0.3 is 4.79 Å². The van der Waals surface area contributed by atoms with E-state index in [0.29, 0.717) is 12.1 Å². The van der Waals surface area contributed by atoms with Crippen molar-refractivity contribution in [3.05, 3.63) is 0 Å². The van der Waals surface area contributed by atoms with E-state index in [1.807, 2.05) is 6.92 Å². The first-order valence-electron chi connectivity index (χ1n) is 5.20. The van der Waals surface area contributed by atoms with Gasteiger partial charge in [0.25, 0.3) is 0 Å². The zero-order valence-corrected chi connectivity index (χ0v) is 9.58. The van der Waals surface area contributed by atoms with Crippen LogP contribution in [0.3, 0.4) is 0 Å². The smallest absolute Gasteiger partial charge is 0.122 e. The highest BCUT2D eigenvalue weighted by atomic mass is 16.1. The van der Waals surface area contributed by atoms with Crippen LogP contribution in [0.15, 0.2) is 0 Å². The summed E-state index contributed by atoms with van der Waals surface area (Å²) in [4.78, 5) is 12.9. The minimum Gasteiger partial charge on any atom is -0.303 e. The molecule has 0 heterocycles. The molecule has 2 nitrogen and oxygen atoms in total. The van der Waals surface area contributed by atoms with Crippen molar-refractivity contribution in [2.75, 3.05) is 6.54 Å². The lowest BCUT2D eigenvalue weighted by Crippen LogP contribution is -2.38. The molecule has 0 spiro atoms. The van der Waals surface area contributed by atoms with Crippen molar-refractivity contribution in [1.29, 1.82) is 0 Å². The Bertz CT molecular complexity index is 135. The third kappa shape index (κ3) is 5.04. The van der Waals surface area contributed by atoms with Crippen molar-refractivity contribution in [2.45, 2.75) is 53.1 Å². The highest BCUT2D eigenvalue weighted by Gasteiger charge is 2.13. The molecule has 0 saturated carbocycles. The number of carbonyl (C=O) groups excluding carboxylic acids is 1. The minimum absolute atomic E-state index is 0.194. The number of hydrogen-bond acceptors (Lipinski definition) is 2. The molecule has 1 unspecified atom stereocenters. The predicted molar refractivity (Wildman–Crippen MR) is 56.8 cm³/mol. The fourth-order valence-corrected chi connectivity index (χ4v) is 1.53. The lowest BCUT2D eigenvalue weighted by molar-refractivity contribution is -0.111. The summed E-state index contributed by atoms with van der Waals surface area (Å²) in [7, 11) is 0. The van der Waals surface area contributed by atoms with Gasteiger partial charge >= 0.3 is 0 Å². The second-order valence-corrected chi connectivity index (χ2v) is 4.33. The molecule has 0 bridgehead atoms. The molecule has 2 heteroatoms. The number of carbonyl (C=O) groups is 1. The van der Waals surface area contributed by atoms with E-state index < -0.39 is 0 Å². The van der Waals surface area contributed by atoms with Crippen molar-refractivity contribution in [2.24, 2.45) is 5.92 Å². The average Bonchev–Trinajstić information content (AvgIpc) is 2.03. The first-order chi connectivity index (χ1) is 5.99. The second kappa shape index (κ2) is 6.14. The van der Waals surface area contributed by atoms with Gasteiger partial charge in [-0.25, -0.2) is 0 Å². The van der Waals surface area contributed by atoms with Gasteiger partial charge in [-0.1, -0.05) is 6.92 Å². The summed E-state index contributed by atoms with van der Waals surface area (Å²) in [6, 6.07) is 1.14. The van der Waals surface area contributed by atoms with Gasteiger partial charge in [-0.05, 0) is 40.7 Å². The van der Waals surface area contributed by atoms with Gasteiger partial charge in [-0.15, -0.1) is 0 Å². The lowest BCUT2D eigenvalue weighted by atomic mass is 10.1. The Morgan fingerprint density at radius 2 is 1.54 bits per heavy atom. The summed E-state index contributed by atoms with van der Waals surface area (Å²) >= 11 is 0. The van der Waals surface area contributed by atoms with Crippen LogP contribution in [-0.2, 0) is 4.79 Å². The van der Waals surface area contributed by atoms with Crippen LogP contribution in [0.5, 0.6) is 0 Å². The highest BCUT2D eigenvalue weighted by molar-refractivity contribution is 5.52. The zero-order valence-electron chi connectivity index (χ0n) is 9.58. The molecular weight excluding hydrogens is 162 g/mol. The van der Waals surface area contributed by atoms with Crippen LogP contribution in [0.4, 0.5) is 0 Å². The van der Waals surface area contributed by atoms with Crippen LogP contribution in [0.25, 0.3) is 0 Å². The second-order valence-electron chi connectivity index (χ2n) is 4.33. The summed E-state index contributed by atoms with van der Waals surface area (Å²) in [5.74, 6) is 0.194. The van der Waals surface area contributed by atoms with E-state index in [2.05, 4.69) is 32.6 Å². The molecule has 0 aromatic heterocycles. The van der Waals surface area contributed by atoms with E-state index >= 15 is 0 Å². The fraction of sp³-hybridized carbons (Fsp3) is 0.909. The molecule has 0 saturated heterocycles. The van der Waals surface area contributed by atoms with E-state index in [1.54, 1.807) is 0 Å². The molecule has 13 heavy (non-hydrogen) atoms. The third-order valence-corrected chi connectivity index (χ3v) is 2.40. The van der Waals surface area contributed by atoms with Gasteiger partial charge in [0.05, 0.1) is 0 Å².